The molecule has 1 aliphatic rings. The summed E-state index contributed by atoms with van der Waals surface area (Å²) in [5.41, 5.74) is 1.56. The predicted molar refractivity (Wildman–Crippen MR) is 140 cm³/mol. The monoisotopic (exact) mass is 535 g/mol. The number of tetrazole rings is 1. The minimum absolute atomic E-state index is 0.0357. The first-order valence-electron chi connectivity index (χ1n) is 11.6. The van der Waals surface area contributed by atoms with Crippen molar-refractivity contribution in [3.63, 3.8) is 0 Å². The molecule has 194 valence electrons. The fourth-order valence-electron chi connectivity index (χ4n) is 4.57. The van der Waals surface area contributed by atoms with Gasteiger partial charge in [-0.25, -0.2) is 14.4 Å². The number of benzene rings is 1. The number of aromatic amines is 1. The number of H-pyrrole nitrogens is 1. The van der Waals surface area contributed by atoms with Crippen LogP contribution in [0.2, 0.25) is 5.02 Å². The second-order valence-corrected chi connectivity index (χ2v) is 9.03. The molecule has 0 spiro atoms. The predicted octanol–water partition coefficient (Wildman–Crippen LogP) is 3.74. The van der Waals surface area contributed by atoms with Gasteiger partial charge in [0.25, 0.3) is 5.56 Å². The van der Waals surface area contributed by atoms with Crippen LogP contribution in [-0.4, -0.2) is 59.8 Å². The summed E-state index contributed by atoms with van der Waals surface area (Å²) < 4.78 is 23.4. The molecule has 11 nitrogen and oxygen atoms in total. The van der Waals surface area contributed by atoms with Gasteiger partial charge in [-0.3, -0.25) is 14.4 Å². The summed E-state index contributed by atoms with van der Waals surface area (Å²) in [6.45, 7) is 5.82. The molecule has 38 heavy (non-hydrogen) atoms. The van der Waals surface area contributed by atoms with Crippen LogP contribution in [0.25, 0.3) is 22.5 Å². The highest BCUT2D eigenvalue weighted by Crippen LogP contribution is 2.39. The first kappa shape index (κ1) is 25.2. The minimum atomic E-state index is -0.718. The standard InChI is InChI=1S/C25H23ClFN9O2/c1-5-14(9-20(28-3)38-4)17-11-29-24(31-17)19-8-13(2)25-32-16(10-21(37)36(19)25)22-18(35-12-30-33-34-35)7-6-15(26)23(22)27/h5-7,9-13,19H,1,8H2,2-4H3,(H,29,31)/b14-9+,28-20+/t13-,19+/m0/s1. The van der Waals surface area contributed by atoms with E-state index in [4.69, 9.17) is 21.3 Å². The highest BCUT2D eigenvalue weighted by molar-refractivity contribution is 6.31. The molecule has 0 radical (unpaired) electrons. The van der Waals surface area contributed by atoms with Crippen molar-refractivity contribution in [1.82, 2.24) is 39.7 Å². The maximum absolute atomic E-state index is 15.3. The van der Waals surface area contributed by atoms with E-state index in [0.29, 0.717) is 35.3 Å². The van der Waals surface area contributed by atoms with E-state index < -0.39 is 11.9 Å². The number of nitrogens with one attached hydrogen (secondary N) is 1. The Labute approximate surface area is 221 Å². The fourth-order valence-corrected chi connectivity index (χ4v) is 4.73. The summed E-state index contributed by atoms with van der Waals surface area (Å²) in [4.78, 5) is 30.1. The van der Waals surface area contributed by atoms with E-state index in [1.807, 2.05) is 6.92 Å². The Morgan fingerprint density at radius 2 is 2.21 bits per heavy atom. The number of nitrogens with zero attached hydrogens (tertiary/aromatic N) is 8. The largest absolute Gasteiger partial charge is 0.481 e. The van der Waals surface area contributed by atoms with E-state index in [9.17, 15) is 4.79 Å². The molecule has 2 atom stereocenters. The lowest BCUT2D eigenvalue weighted by Gasteiger charge is -2.15. The summed E-state index contributed by atoms with van der Waals surface area (Å²) in [7, 11) is 3.16. The van der Waals surface area contributed by atoms with Gasteiger partial charge in [-0.1, -0.05) is 31.2 Å². The number of ether oxygens (including phenoxy) is 1. The van der Waals surface area contributed by atoms with Gasteiger partial charge in [0.1, 0.15) is 18.0 Å². The lowest BCUT2D eigenvalue weighted by atomic mass is 10.1. The van der Waals surface area contributed by atoms with Gasteiger partial charge in [0.05, 0.1) is 47.0 Å². The number of hydrogen-bond acceptors (Lipinski definition) is 8. The summed E-state index contributed by atoms with van der Waals surface area (Å²) in [6.07, 6.45) is 6.96. The number of rotatable bonds is 6. The Kier molecular flexibility index (Phi) is 6.72. The Bertz CT molecular complexity index is 1640. The maximum atomic E-state index is 15.3. The van der Waals surface area contributed by atoms with Crippen molar-refractivity contribution in [2.45, 2.75) is 25.3 Å². The average Bonchev–Trinajstić information content (AvgIpc) is 3.67. The van der Waals surface area contributed by atoms with Crippen molar-refractivity contribution in [2.75, 3.05) is 14.2 Å². The van der Waals surface area contributed by atoms with Gasteiger partial charge in [-0.05, 0) is 29.0 Å². The Morgan fingerprint density at radius 3 is 2.89 bits per heavy atom. The molecule has 13 heteroatoms. The summed E-state index contributed by atoms with van der Waals surface area (Å²) in [5.74, 6) is 0.700. The fraction of sp³-hybridized carbons (Fsp3) is 0.240. The number of aromatic nitrogens is 8. The van der Waals surface area contributed by atoms with Crippen LogP contribution in [-0.2, 0) is 4.74 Å². The molecule has 0 fully saturated rings. The molecule has 5 rings (SSSR count). The van der Waals surface area contributed by atoms with E-state index in [2.05, 4.69) is 37.1 Å². The van der Waals surface area contributed by atoms with Crippen LogP contribution < -0.4 is 5.56 Å². The van der Waals surface area contributed by atoms with Crippen LogP contribution in [0.15, 0.2) is 59.2 Å². The lowest BCUT2D eigenvalue weighted by Crippen LogP contribution is -2.25. The van der Waals surface area contributed by atoms with Gasteiger partial charge < -0.3 is 9.72 Å². The first-order chi connectivity index (χ1) is 18.4. The molecule has 1 N–H and O–H groups in total. The summed E-state index contributed by atoms with van der Waals surface area (Å²) in [5, 5.41) is 11.0. The topological polar surface area (TPSA) is 129 Å². The molecule has 1 aromatic carbocycles. The van der Waals surface area contributed by atoms with Gasteiger partial charge >= 0.3 is 0 Å². The smallest absolute Gasteiger partial charge is 0.254 e. The van der Waals surface area contributed by atoms with E-state index in [1.54, 1.807) is 36.0 Å². The van der Waals surface area contributed by atoms with E-state index >= 15 is 4.39 Å². The number of methoxy groups -OCH3 is 1. The van der Waals surface area contributed by atoms with Crippen molar-refractivity contribution in [2.24, 2.45) is 4.99 Å². The molecular weight excluding hydrogens is 513 g/mol. The second kappa shape index (κ2) is 10.1. The van der Waals surface area contributed by atoms with Gasteiger partial charge in [0, 0.05) is 30.7 Å². The van der Waals surface area contributed by atoms with E-state index in [0.717, 1.165) is 5.57 Å². The Hall–Kier alpha value is -4.45. The van der Waals surface area contributed by atoms with Crippen LogP contribution in [0.4, 0.5) is 4.39 Å². The molecule has 3 aromatic heterocycles. The van der Waals surface area contributed by atoms with Crippen molar-refractivity contribution in [3.8, 4) is 16.9 Å². The molecule has 1 aliphatic heterocycles. The lowest BCUT2D eigenvalue weighted by molar-refractivity contribution is 0.406. The molecular formula is C25H23ClFN9O2. The summed E-state index contributed by atoms with van der Waals surface area (Å²) >= 11 is 6.09. The molecule has 0 saturated heterocycles. The third-order valence-corrected chi connectivity index (χ3v) is 6.68. The maximum Gasteiger partial charge on any atom is 0.254 e. The first-order valence-corrected chi connectivity index (χ1v) is 12.0. The number of hydrogen-bond donors (Lipinski definition) is 1. The highest BCUT2D eigenvalue weighted by atomic mass is 35.5. The van der Waals surface area contributed by atoms with E-state index in [-0.39, 0.29) is 27.8 Å². The number of aliphatic imine (C=N–C) groups is 1. The molecule has 0 bridgehead atoms. The summed E-state index contributed by atoms with van der Waals surface area (Å²) in [6, 6.07) is 3.87. The number of halogens is 2. The number of fused-ring (bicyclic) bond motifs is 1. The van der Waals surface area contributed by atoms with Crippen molar-refractivity contribution >= 4 is 23.1 Å². The molecule has 0 unspecified atom stereocenters. The zero-order chi connectivity index (χ0) is 27.0. The normalized spacial score (nSPS) is 17.5. The minimum Gasteiger partial charge on any atom is -0.481 e. The van der Waals surface area contributed by atoms with Crippen LogP contribution in [0.1, 0.15) is 42.6 Å². The van der Waals surface area contributed by atoms with Gasteiger partial charge in [-0.15, -0.1) is 5.10 Å². The van der Waals surface area contributed by atoms with Crippen molar-refractivity contribution in [1.29, 1.82) is 0 Å². The van der Waals surface area contributed by atoms with Gasteiger partial charge in [-0.2, -0.15) is 4.68 Å². The zero-order valence-electron chi connectivity index (χ0n) is 20.8. The highest BCUT2D eigenvalue weighted by Gasteiger charge is 2.34. The van der Waals surface area contributed by atoms with E-state index in [1.165, 1.54) is 30.3 Å². The number of allylic oxidation sites excluding steroid dienone is 2. The van der Waals surface area contributed by atoms with Crippen molar-refractivity contribution < 1.29 is 9.13 Å². The molecule has 0 amide bonds. The van der Waals surface area contributed by atoms with Gasteiger partial charge in [0.2, 0.25) is 5.90 Å². The molecule has 0 saturated carbocycles. The van der Waals surface area contributed by atoms with Crippen LogP contribution in [0.3, 0.4) is 0 Å². The Balaban J connectivity index is 1.58. The molecule has 4 heterocycles. The average molecular weight is 536 g/mol. The van der Waals surface area contributed by atoms with Gasteiger partial charge in [0.15, 0.2) is 5.82 Å². The third-order valence-electron chi connectivity index (χ3n) is 6.38. The zero-order valence-corrected chi connectivity index (χ0v) is 21.5. The second-order valence-electron chi connectivity index (χ2n) is 8.62. The number of imidazole rings is 1. The quantitative estimate of drug-likeness (QED) is 0.226. The Morgan fingerprint density at radius 1 is 1.39 bits per heavy atom. The molecule has 0 aliphatic carbocycles. The van der Waals surface area contributed by atoms with Crippen LogP contribution in [0, 0.1) is 5.82 Å². The van der Waals surface area contributed by atoms with Crippen LogP contribution >= 0.6 is 11.6 Å². The SMILES string of the molecule is C=C/C(=C\C(=N/C)OC)c1cnc([C@H]2C[C@H](C)c3nc(-c4c(-n5cnnn5)ccc(Cl)c4F)cc(=O)n32)[nH]1. The third kappa shape index (κ3) is 4.32. The van der Waals surface area contributed by atoms with Crippen LogP contribution in [0.5, 0.6) is 0 Å². The van der Waals surface area contributed by atoms with Crippen molar-refractivity contribution in [3.05, 3.63) is 88.0 Å². The molecule has 4 aromatic rings.